The Morgan fingerprint density at radius 3 is 2.55 bits per heavy atom. The number of rotatable bonds is 6. The summed E-state index contributed by atoms with van der Waals surface area (Å²) >= 11 is 0. The maximum Gasteiger partial charge on any atom is 0.212 e. The molecule has 0 aliphatic rings. The van der Waals surface area contributed by atoms with Gasteiger partial charge in [-0.1, -0.05) is 24.3 Å². The molecule has 5 nitrogen and oxygen atoms in total. The summed E-state index contributed by atoms with van der Waals surface area (Å²) < 4.78 is 10.4. The van der Waals surface area contributed by atoms with Crippen LogP contribution >= 0.6 is 0 Å². The van der Waals surface area contributed by atoms with Crippen molar-refractivity contribution in [2.24, 2.45) is 5.84 Å². The van der Waals surface area contributed by atoms with Crippen LogP contribution in [-0.2, 0) is 6.42 Å². The first-order chi connectivity index (χ1) is 9.78. The van der Waals surface area contributed by atoms with Crippen molar-refractivity contribution in [3.63, 3.8) is 0 Å². The number of hydrazine groups is 1. The molecule has 1 heterocycles. The van der Waals surface area contributed by atoms with Crippen LogP contribution in [0.4, 0.5) is 0 Å². The summed E-state index contributed by atoms with van der Waals surface area (Å²) in [7, 11) is 3.25. The van der Waals surface area contributed by atoms with E-state index in [-0.39, 0.29) is 6.04 Å². The molecule has 0 aliphatic carbocycles. The van der Waals surface area contributed by atoms with Crippen molar-refractivity contribution >= 4 is 0 Å². The van der Waals surface area contributed by atoms with Crippen LogP contribution in [0.25, 0.3) is 0 Å². The van der Waals surface area contributed by atoms with E-state index in [4.69, 9.17) is 15.3 Å². The molecule has 2 aromatic rings. The number of aromatic nitrogens is 1. The summed E-state index contributed by atoms with van der Waals surface area (Å²) in [5.41, 5.74) is 4.92. The van der Waals surface area contributed by atoms with E-state index in [1.165, 1.54) is 0 Å². The number of hydrogen-bond donors (Lipinski definition) is 2. The topological polar surface area (TPSA) is 69.4 Å². The smallest absolute Gasteiger partial charge is 0.212 e. The molecule has 1 atom stereocenters. The van der Waals surface area contributed by atoms with Gasteiger partial charge in [-0.2, -0.15) is 0 Å². The van der Waals surface area contributed by atoms with E-state index >= 15 is 0 Å². The van der Waals surface area contributed by atoms with E-state index in [1.807, 2.05) is 36.4 Å². The van der Waals surface area contributed by atoms with Crippen LogP contribution < -0.4 is 20.7 Å². The lowest BCUT2D eigenvalue weighted by Gasteiger charge is -2.19. The summed E-state index contributed by atoms with van der Waals surface area (Å²) in [5, 5.41) is 0. The highest BCUT2D eigenvalue weighted by Gasteiger charge is 2.15. The van der Waals surface area contributed by atoms with Crippen molar-refractivity contribution in [2.45, 2.75) is 12.5 Å². The normalized spacial score (nSPS) is 11.9. The lowest BCUT2D eigenvalue weighted by atomic mass is 9.99. The molecule has 106 valence electrons. The monoisotopic (exact) mass is 273 g/mol. The highest BCUT2D eigenvalue weighted by atomic mass is 16.5. The Balaban J connectivity index is 2.19. The predicted molar refractivity (Wildman–Crippen MR) is 77.6 cm³/mol. The van der Waals surface area contributed by atoms with Gasteiger partial charge in [-0.15, -0.1) is 0 Å². The third-order valence-electron chi connectivity index (χ3n) is 3.16. The largest absolute Gasteiger partial charge is 0.496 e. The number of nitrogens with two attached hydrogens (primary N) is 1. The molecule has 0 amide bonds. The molecule has 0 aliphatic heterocycles. The standard InChI is InChI=1S/C15H19N3O2/c1-19-14-6-4-3-5-12(14)13(18-16)9-11-7-8-15(20-2)17-10-11/h3-8,10,13,18H,9,16H2,1-2H3. The van der Waals surface area contributed by atoms with E-state index in [1.54, 1.807) is 20.4 Å². The summed E-state index contributed by atoms with van der Waals surface area (Å²) in [6, 6.07) is 11.6. The Morgan fingerprint density at radius 2 is 1.95 bits per heavy atom. The Kier molecular flexibility index (Phi) is 4.92. The van der Waals surface area contributed by atoms with Gasteiger partial charge < -0.3 is 9.47 Å². The van der Waals surface area contributed by atoms with E-state index in [0.29, 0.717) is 12.3 Å². The maximum absolute atomic E-state index is 5.68. The SMILES string of the molecule is COc1ccc(CC(NN)c2ccccc2OC)cn1. The molecule has 2 rings (SSSR count). The molecule has 0 saturated carbocycles. The number of ether oxygens (including phenoxy) is 2. The van der Waals surface area contributed by atoms with Crippen LogP contribution in [0.5, 0.6) is 11.6 Å². The second-order valence-electron chi connectivity index (χ2n) is 4.37. The predicted octanol–water partition coefficient (Wildman–Crippen LogP) is 1.85. The van der Waals surface area contributed by atoms with Gasteiger partial charge >= 0.3 is 0 Å². The minimum absolute atomic E-state index is 0.0404. The molecule has 1 aromatic heterocycles. The van der Waals surface area contributed by atoms with Crippen molar-refractivity contribution in [3.8, 4) is 11.6 Å². The van der Waals surface area contributed by atoms with Gasteiger partial charge in [0.15, 0.2) is 0 Å². The highest BCUT2D eigenvalue weighted by molar-refractivity contribution is 5.36. The zero-order chi connectivity index (χ0) is 14.4. The van der Waals surface area contributed by atoms with E-state index < -0.39 is 0 Å². The minimum atomic E-state index is -0.0404. The molecule has 0 spiro atoms. The Morgan fingerprint density at radius 1 is 1.15 bits per heavy atom. The number of nitrogens with zero attached hydrogens (tertiary/aromatic N) is 1. The van der Waals surface area contributed by atoms with Gasteiger partial charge in [0.2, 0.25) is 5.88 Å². The zero-order valence-corrected chi connectivity index (χ0v) is 11.7. The first kappa shape index (κ1) is 14.3. The van der Waals surface area contributed by atoms with Crippen molar-refractivity contribution in [1.29, 1.82) is 0 Å². The van der Waals surface area contributed by atoms with E-state index in [2.05, 4.69) is 10.4 Å². The van der Waals surface area contributed by atoms with Crippen molar-refractivity contribution in [2.75, 3.05) is 14.2 Å². The molecule has 0 fully saturated rings. The summed E-state index contributed by atoms with van der Waals surface area (Å²) in [6.07, 6.45) is 2.51. The molecular formula is C15H19N3O2. The van der Waals surface area contributed by atoms with Crippen molar-refractivity contribution in [1.82, 2.24) is 10.4 Å². The lowest BCUT2D eigenvalue weighted by molar-refractivity contribution is 0.395. The van der Waals surface area contributed by atoms with Gasteiger partial charge in [0.05, 0.1) is 20.3 Å². The maximum atomic E-state index is 5.68. The van der Waals surface area contributed by atoms with Crippen LogP contribution in [0.15, 0.2) is 42.6 Å². The molecule has 0 radical (unpaired) electrons. The summed E-state index contributed by atoms with van der Waals surface area (Å²) in [6.45, 7) is 0. The number of methoxy groups -OCH3 is 2. The third-order valence-corrected chi connectivity index (χ3v) is 3.16. The Bertz CT molecular complexity index is 543. The van der Waals surface area contributed by atoms with Crippen LogP contribution in [0.3, 0.4) is 0 Å². The van der Waals surface area contributed by atoms with Gasteiger partial charge in [0.25, 0.3) is 0 Å². The van der Waals surface area contributed by atoms with Gasteiger partial charge in [0, 0.05) is 17.8 Å². The number of benzene rings is 1. The Labute approximate surface area is 118 Å². The van der Waals surface area contributed by atoms with E-state index in [0.717, 1.165) is 16.9 Å². The van der Waals surface area contributed by atoms with Gasteiger partial charge in [0.1, 0.15) is 5.75 Å². The number of nitrogens with one attached hydrogen (secondary N) is 1. The van der Waals surface area contributed by atoms with Gasteiger partial charge in [-0.3, -0.25) is 11.3 Å². The first-order valence-electron chi connectivity index (χ1n) is 6.36. The van der Waals surface area contributed by atoms with Gasteiger partial charge in [-0.05, 0) is 18.1 Å². The molecule has 1 aromatic carbocycles. The molecule has 5 heteroatoms. The fourth-order valence-corrected chi connectivity index (χ4v) is 2.10. The first-order valence-corrected chi connectivity index (χ1v) is 6.36. The van der Waals surface area contributed by atoms with Crippen LogP contribution in [-0.4, -0.2) is 19.2 Å². The molecule has 1 unspecified atom stereocenters. The van der Waals surface area contributed by atoms with Crippen LogP contribution in [0.1, 0.15) is 17.2 Å². The quantitative estimate of drug-likeness (QED) is 0.621. The summed E-state index contributed by atoms with van der Waals surface area (Å²) in [5.74, 6) is 7.10. The minimum Gasteiger partial charge on any atom is -0.496 e. The average molecular weight is 273 g/mol. The summed E-state index contributed by atoms with van der Waals surface area (Å²) in [4.78, 5) is 4.20. The van der Waals surface area contributed by atoms with Crippen molar-refractivity contribution < 1.29 is 9.47 Å². The van der Waals surface area contributed by atoms with Crippen molar-refractivity contribution in [3.05, 3.63) is 53.7 Å². The molecule has 0 bridgehead atoms. The average Bonchev–Trinajstić information content (AvgIpc) is 2.53. The highest BCUT2D eigenvalue weighted by Crippen LogP contribution is 2.26. The number of pyridine rings is 1. The number of hydrogen-bond acceptors (Lipinski definition) is 5. The van der Waals surface area contributed by atoms with E-state index in [9.17, 15) is 0 Å². The van der Waals surface area contributed by atoms with Gasteiger partial charge in [-0.25, -0.2) is 4.98 Å². The zero-order valence-electron chi connectivity index (χ0n) is 11.7. The fourth-order valence-electron chi connectivity index (χ4n) is 2.10. The second-order valence-corrected chi connectivity index (χ2v) is 4.37. The fraction of sp³-hybridized carbons (Fsp3) is 0.267. The molecular weight excluding hydrogens is 254 g/mol. The lowest BCUT2D eigenvalue weighted by Crippen LogP contribution is -2.29. The number of para-hydroxylation sites is 1. The second kappa shape index (κ2) is 6.88. The van der Waals surface area contributed by atoms with Crippen LogP contribution in [0, 0.1) is 0 Å². The Hall–Kier alpha value is -2.11. The van der Waals surface area contributed by atoms with Crippen LogP contribution in [0.2, 0.25) is 0 Å². The molecule has 20 heavy (non-hydrogen) atoms. The molecule has 0 saturated heterocycles. The third kappa shape index (κ3) is 3.26. The molecule has 3 N–H and O–H groups in total.